The minimum Gasteiger partial charge on any atom is -0.496 e. The van der Waals surface area contributed by atoms with Gasteiger partial charge < -0.3 is 14.9 Å². The molecule has 5 aromatic rings. The number of H-pyrrole nitrogens is 2. The van der Waals surface area contributed by atoms with Crippen molar-refractivity contribution in [1.29, 1.82) is 0 Å². The Kier molecular flexibility index (Phi) is 7.48. The minimum absolute atomic E-state index is 0.00590. The average Bonchev–Trinajstić information content (AvgIpc) is 3.43. The van der Waals surface area contributed by atoms with Crippen molar-refractivity contribution < 1.29 is 24.5 Å². The normalized spacial score (nSPS) is 11.2. The van der Waals surface area contributed by atoms with E-state index in [9.17, 15) is 29.4 Å². The van der Waals surface area contributed by atoms with Gasteiger partial charge in [-0.1, -0.05) is 28.1 Å². The molecule has 0 saturated carbocycles. The zero-order valence-corrected chi connectivity index (χ0v) is 24.2. The van der Waals surface area contributed by atoms with Gasteiger partial charge in [-0.05, 0) is 68.4 Å². The van der Waals surface area contributed by atoms with E-state index in [0.29, 0.717) is 38.5 Å². The lowest BCUT2D eigenvalue weighted by molar-refractivity contribution is 0.0686. The lowest BCUT2D eigenvalue weighted by atomic mass is 9.84. The highest BCUT2D eigenvalue weighted by molar-refractivity contribution is 9.10. The maximum atomic E-state index is 14.1. The average molecular weight is 633 g/mol. The number of carboxylic acids is 2. The van der Waals surface area contributed by atoms with Crippen molar-refractivity contribution in [3.63, 3.8) is 0 Å². The quantitative estimate of drug-likeness (QED) is 0.194. The van der Waals surface area contributed by atoms with Crippen molar-refractivity contribution in [3.05, 3.63) is 131 Å². The number of aromatic amines is 2. The molecule has 0 spiro atoms. The maximum Gasteiger partial charge on any atom is 0.335 e. The van der Waals surface area contributed by atoms with Crippen molar-refractivity contribution in [2.75, 3.05) is 7.11 Å². The lowest BCUT2D eigenvalue weighted by Crippen LogP contribution is -2.26. The SMILES string of the molecule is COc1ccc(Br)cc1C(c1c(C)[nH]n(-c2cccc(C(=O)O)c2)c1=O)c1c(C)[nH]n(-c2cccc(C(=O)O)c2)c1=O. The highest BCUT2D eigenvalue weighted by Crippen LogP contribution is 2.38. The molecule has 2 aromatic heterocycles. The molecule has 42 heavy (non-hydrogen) atoms. The van der Waals surface area contributed by atoms with Crippen molar-refractivity contribution in [2.45, 2.75) is 19.8 Å². The fourth-order valence-corrected chi connectivity index (χ4v) is 5.48. The fourth-order valence-electron chi connectivity index (χ4n) is 5.10. The van der Waals surface area contributed by atoms with Crippen LogP contribution in [0.15, 0.2) is 80.8 Å². The first-order valence-corrected chi connectivity index (χ1v) is 13.4. The van der Waals surface area contributed by atoms with E-state index in [4.69, 9.17) is 4.74 Å². The topological polar surface area (TPSA) is 159 Å². The van der Waals surface area contributed by atoms with Gasteiger partial charge in [0.05, 0.1) is 46.7 Å². The summed E-state index contributed by atoms with van der Waals surface area (Å²) in [5.41, 5.74) is 1.59. The third-order valence-electron chi connectivity index (χ3n) is 7.02. The van der Waals surface area contributed by atoms with Crippen LogP contribution >= 0.6 is 15.9 Å². The van der Waals surface area contributed by atoms with Crippen LogP contribution in [0.1, 0.15) is 54.7 Å². The van der Waals surface area contributed by atoms with Crippen molar-refractivity contribution >= 4 is 27.9 Å². The number of hydrogen-bond donors (Lipinski definition) is 4. The number of carbonyl (C=O) groups is 2. The second-order valence-corrected chi connectivity index (χ2v) is 10.5. The smallest absolute Gasteiger partial charge is 0.335 e. The summed E-state index contributed by atoms with van der Waals surface area (Å²) < 4.78 is 8.83. The highest BCUT2D eigenvalue weighted by Gasteiger charge is 2.33. The van der Waals surface area contributed by atoms with E-state index in [1.54, 1.807) is 44.2 Å². The molecule has 0 aliphatic rings. The molecule has 12 heteroatoms. The van der Waals surface area contributed by atoms with Crippen LogP contribution < -0.4 is 15.9 Å². The van der Waals surface area contributed by atoms with Crippen molar-refractivity contribution in [3.8, 4) is 17.1 Å². The van der Waals surface area contributed by atoms with E-state index in [-0.39, 0.29) is 22.3 Å². The largest absolute Gasteiger partial charge is 0.496 e. The summed E-state index contributed by atoms with van der Waals surface area (Å²) in [5, 5.41) is 25.0. The first-order chi connectivity index (χ1) is 20.0. The molecule has 0 aliphatic carbocycles. The fraction of sp³-hybridized carbons (Fsp3) is 0.133. The number of aromatic carboxylic acids is 2. The monoisotopic (exact) mass is 632 g/mol. The Morgan fingerprint density at radius 1 is 0.786 bits per heavy atom. The Bertz CT molecular complexity index is 1870. The van der Waals surface area contributed by atoms with E-state index >= 15 is 0 Å². The van der Waals surface area contributed by atoms with Crippen LogP contribution in [0, 0.1) is 13.8 Å². The third kappa shape index (κ3) is 4.96. The molecule has 0 amide bonds. The summed E-state index contributed by atoms with van der Waals surface area (Å²) in [7, 11) is 1.49. The van der Waals surface area contributed by atoms with E-state index in [1.165, 1.54) is 52.9 Å². The van der Waals surface area contributed by atoms with Gasteiger partial charge in [0.25, 0.3) is 11.1 Å². The van der Waals surface area contributed by atoms with Crippen LogP contribution in [0.25, 0.3) is 11.4 Å². The summed E-state index contributed by atoms with van der Waals surface area (Å²) >= 11 is 3.49. The van der Waals surface area contributed by atoms with Crippen LogP contribution in [-0.2, 0) is 0 Å². The van der Waals surface area contributed by atoms with E-state index in [2.05, 4.69) is 26.1 Å². The Morgan fingerprint density at radius 3 is 1.69 bits per heavy atom. The van der Waals surface area contributed by atoms with Gasteiger partial charge >= 0.3 is 11.9 Å². The summed E-state index contributed by atoms with van der Waals surface area (Å²) in [5.74, 6) is -2.78. The molecule has 0 saturated heterocycles. The Morgan fingerprint density at radius 2 is 1.26 bits per heavy atom. The van der Waals surface area contributed by atoms with Gasteiger partial charge in [-0.2, -0.15) is 0 Å². The van der Waals surface area contributed by atoms with Gasteiger partial charge in [-0.3, -0.25) is 19.8 Å². The molecule has 4 N–H and O–H groups in total. The molecule has 0 atom stereocenters. The minimum atomic E-state index is -1.14. The van der Waals surface area contributed by atoms with Crippen molar-refractivity contribution in [1.82, 2.24) is 19.6 Å². The second kappa shape index (κ2) is 11.1. The molecule has 0 bridgehead atoms. The number of aryl methyl sites for hydroxylation is 2. The number of nitrogens with one attached hydrogen (secondary N) is 2. The van der Waals surface area contributed by atoms with Gasteiger partial charge in [0.1, 0.15) is 5.75 Å². The first kappa shape index (κ1) is 28.4. The number of methoxy groups -OCH3 is 1. The van der Waals surface area contributed by atoms with Crippen LogP contribution in [0.4, 0.5) is 0 Å². The van der Waals surface area contributed by atoms with Crippen LogP contribution in [0.3, 0.4) is 0 Å². The van der Waals surface area contributed by atoms with Crippen molar-refractivity contribution in [2.24, 2.45) is 0 Å². The number of hydrogen-bond acceptors (Lipinski definition) is 5. The van der Waals surface area contributed by atoms with E-state index < -0.39 is 29.0 Å². The van der Waals surface area contributed by atoms with E-state index in [0.717, 1.165) is 0 Å². The van der Waals surface area contributed by atoms with Gasteiger partial charge in [-0.15, -0.1) is 0 Å². The molecule has 0 radical (unpaired) electrons. The second-order valence-electron chi connectivity index (χ2n) is 9.61. The molecule has 0 fully saturated rings. The number of halogens is 1. The number of rotatable bonds is 8. The number of nitrogens with zero attached hydrogens (tertiary/aromatic N) is 2. The summed E-state index contributed by atoms with van der Waals surface area (Å²) in [6.45, 7) is 3.39. The Balaban J connectivity index is 1.80. The zero-order chi connectivity index (χ0) is 30.3. The highest BCUT2D eigenvalue weighted by atomic mass is 79.9. The Hall–Kier alpha value is -5.10. The molecular formula is C30H25BrN4O7. The standard InChI is InChI=1S/C30H25BrN4O7/c1-15-24(27(36)34(32-15)20-8-4-6-17(12-20)29(38)39)26(22-14-19(31)10-11-23(22)42-3)25-16(2)33-35(28(25)37)21-9-5-7-18(13-21)30(40)41/h4-14,26,32-33H,1-3H3,(H,38,39)(H,40,41). The molecule has 0 aliphatic heterocycles. The van der Waals surface area contributed by atoms with Gasteiger partial charge in [0.15, 0.2) is 0 Å². The molecule has 11 nitrogen and oxygen atoms in total. The van der Waals surface area contributed by atoms with Gasteiger partial charge in [0, 0.05) is 21.4 Å². The Labute approximate surface area is 246 Å². The van der Waals surface area contributed by atoms with Gasteiger partial charge in [0.2, 0.25) is 0 Å². The third-order valence-corrected chi connectivity index (χ3v) is 7.51. The van der Waals surface area contributed by atoms with E-state index in [1.807, 2.05) is 0 Å². The molecule has 5 rings (SSSR count). The van der Waals surface area contributed by atoms with Crippen LogP contribution in [0.2, 0.25) is 0 Å². The molecule has 3 aromatic carbocycles. The number of aromatic nitrogens is 4. The zero-order valence-electron chi connectivity index (χ0n) is 22.6. The maximum absolute atomic E-state index is 14.1. The molecule has 214 valence electrons. The summed E-state index contributed by atoms with van der Waals surface area (Å²) in [6.07, 6.45) is 0. The molecule has 0 unspecified atom stereocenters. The summed E-state index contributed by atoms with van der Waals surface area (Å²) in [4.78, 5) is 51.4. The number of carboxylic acid groups (broad SMARTS) is 2. The molecular weight excluding hydrogens is 608 g/mol. The first-order valence-electron chi connectivity index (χ1n) is 12.7. The number of ether oxygens (including phenoxy) is 1. The number of benzene rings is 3. The summed E-state index contributed by atoms with van der Waals surface area (Å²) in [6, 6.07) is 17.2. The lowest BCUT2D eigenvalue weighted by Gasteiger charge is -2.19. The van der Waals surface area contributed by atoms with Crippen LogP contribution in [0.5, 0.6) is 5.75 Å². The molecule has 2 heterocycles. The van der Waals surface area contributed by atoms with Gasteiger partial charge in [-0.25, -0.2) is 19.0 Å². The predicted molar refractivity (Wildman–Crippen MR) is 158 cm³/mol. The van der Waals surface area contributed by atoms with Crippen LogP contribution in [-0.4, -0.2) is 48.8 Å². The predicted octanol–water partition coefficient (Wildman–Crippen LogP) is 4.61.